The van der Waals surface area contributed by atoms with Gasteiger partial charge < -0.3 is 5.73 Å². The first kappa shape index (κ1) is 16.4. The van der Waals surface area contributed by atoms with Crippen molar-refractivity contribution >= 4 is 0 Å². The largest absolute Gasteiger partial charge is 0.329 e. The Kier molecular flexibility index (Phi) is 5.05. The van der Waals surface area contributed by atoms with E-state index >= 15 is 0 Å². The van der Waals surface area contributed by atoms with Crippen molar-refractivity contribution in [3.05, 3.63) is 35.6 Å². The summed E-state index contributed by atoms with van der Waals surface area (Å²) in [5.41, 5.74) is 7.83. The molecule has 0 aromatic heterocycles. The molecule has 0 spiro atoms. The summed E-state index contributed by atoms with van der Waals surface area (Å²) in [7, 11) is 2.16. The molecule has 0 saturated heterocycles. The van der Waals surface area contributed by atoms with Crippen molar-refractivity contribution in [2.24, 2.45) is 11.1 Å². The number of benzene rings is 1. The third kappa shape index (κ3) is 4.04. The number of likely N-dealkylation sites (N-methyl/N-ethyl adjacent to an activating group) is 1. The fourth-order valence-electron chi connectivity index (χ4n) is 3.49. The zero-order chi connectivity index (χ0) is 15.5. The van der Waals surface area contributed by atoms with Crippen LogP contribution in [0.4, 0.5) is 4.39 Å². The van der Waals surface area contributed by atoms with E-state index in [4.69, 9.17) is 5.73 Å². The molecule has 1 aliphatic carbocycles. The molecule has 2 nitrogen and oxygen atoms in total. The van der Waals surface area contributed by atoms with Gasteiger partial charge in [-0.05, 0) is 55.8 Å². The normalized spacial score (nSPS) is 25.8. The monoisotopic (exact) mass is 292 g/mol. The number of rotatable bonds is 4. The van der Waals surface area contributed by atoms with Gasteiger partial charge in [-0.15, -0.1) is 0 Å². The number of nitrogens with two attached hydrogens (primary N) is 1. The summed E-state index contributed by atoms with van der Waals surface area (Å²) in [6, 6.07) is 6.82. The molecule has 0 amide bonds. The van der Waals surface area contributed by atoms with Gasteiger partial charge in [-0.3, -0.25) is 4.90 Å². The van der Waals surface area contributed by atoms with Gasteiger partial charge in [0.25, 0.3) is 0 Å². The lowest BCUT2D eigenvalue weighted by molar-refractivity contribution is 0.0961. The van der Waals surface area contributed by atoms with Gasteiger partial charge in [-0.25, -0.2) is 4.39 Å². The predicted octanol–water partition coefficient (Wildman–Crippen LogP) is 3.95. The summed E-state index contributed by atoms with van der Waals surface area (Å²) in [5.74, 6) is -0.175. The van der Waals surface area contributed by atoms with Crippen molar-refractivity contribution in [1.29, 1.82) is 0 Å². The number of nitrogens with zero attached hydrogens (tertiary/aromatic N) is 1. The molecule has 1 unspecified atom stereocenters. The van der Waals surface area contributed by atoms with Crippen LogP contribution in [0.15, 0.2) is 24.3 Å². The molecule has 118 valence electrons. The standard InChI is InChI=1S/C18H29FN2/c1-17(2)9-4-10-18(14-20,12-11-17)21(3)13-15-5-7-16(19)8-6-15/h5-8H,4,9-14,20H2,1-3H3. The third-order valence-electron chi connectivity index (χ3n) is 5.29. The van der Waals surface area contributed by atoms with Crippen LogP contribution >= 0.6 is 0 Å². The first-order valence-corrected chi connectivity index (χ1v) is 8.03. The molecule has 0 heterocycles. The molecule has 2 rings (SSSR count). The molecular weight excluding hydrogens is 263 g/mol. The highest BCUT2D eigenvalue weighted by molar-refractivity contribution is 5.16. The van der Waals surface area contributed by atoms with E-state index in [-0.39, 0.29) is 11.4 Å². The van der Waals surface area contributed by atoms with Crippen LogP contribution in [0.5, 0.6) is 0 Å². The van der Waals surface area contributed by atoms with E-state index in [1.807, 2.05) is 12.1 Å². The average Bonchev–Trinajstić information content (AvgIpc) is 2.60. The Morgan fingerprint density at radius 1 is 1.10 bits per heavy atom. The molecule has 1 atom stereocenters. The minimum atomic E-state index is -0.175. The van der Waals surface area contributed by atoms with Crippen LogP contribution in [0, 0.1) is 11.2 Å². The molecule has 2 N–H and O–H groups in total. The Balaban J connectivity index is 2.10. The van der Waals surface area contributed by atoms with Crippen molar-refractivity contribution < 1.29 is 4.39 Å². The van der Waals surface area contributed by atoms with Crippen LogP contribution in [0.25, 0.3) is 0 Å². The molecule has 1 aliphatic rings. The van der Waals surface area contributed by atoms with Gasteiger partial charge in [0, 0.05) is 18.6 Å². The minimum absolute atomic E-state index is 0.0855. The van der Waals surface area contributed by atoms with Crippen molar-refractivity contribution in [3.8, 4) is 0 Å². The highest BCUT2D eigenvalue weighted by Crippen LogP contribution is 2.40. The van der Waals surface area contributed by atoms with Crippen LogP contribution in [0.3, 0.4) is 0 Å². The smallest absolute Gasteiger partial charge is 0.123 e. The Morgan fingerprint density at radius 2 is 1.76 bits per heavy atom. The lowest BCUT2D eigenvalue weighted by atomic mass is 9.83. The van der Waals surface area contributed by atoms with Crippen molar-refractivity contribution in [3.63, 3.8) is 0 Å². The second-order valence-corrected chi connectivity index (χ2v) is 7.43. The van der Waals surface area contributed by atoms with Gasteiger partial charge >= 0.3 is 0 Å². The molecular formula is C18H29FN2. The van der Waals surface area contributed by atoms with Gasteiger partial charge in [-0.1, -0.05) is 32.4 Å². The van der Waals surface area contributed by atoms with Gasteiger partial charge in [0.05, 0.1) is 0 Å². The van der Waals surface area contributed by atoms with E-state index in [9.17, 15) is 4.39 Å². The Labute approximate surface area is 128 Å². The first-order valence-electron chi connectivity index (χ1n) is 8.03. The zero-order valence-electron chi connectivity index (χ0n) is 13.7. The van der Waals surface area contributed by atoms with E-state index in [0.717, 1.165) is 24.9 Å². The van der Waals surface area contributed by atoms with E-state index in [1.165, 1.54) is 31.4 Å². The van der Waals surface area contributed by atoms with Gasteiger partial charge in [-0.2, -0.15) is 0 Å². The number of hydrogen-bond donors (Lipinski definition) is 1. The topological polar surface area (TPSA) is 29.3 Å². The van der Waals surface area contributed by atoms with E-state index in [1.54, 1.807) is 0 Å². The Bertz CT molecular complexity index is 455. The number of hydrogen-bond acceptors (Lipinski definition) is 2. The van der Waals surface area contributed by atoms with E-state index < -0.39 is 0 Å². The second-order valence-electron chi connectivity index (χ2n) is 7.43. The molecule has 3 heteroatoms. The van der Waals surface area contributed by atoms with Crippen LogP contribution in [-0.4, -0.2) is 24.0 Å². The first-order chi connectivity index (χ1) is 9.87. The predicted molar refractivity (Wildman–Crippen MR) is 86.5 cm³/mol. The lowest BCUT2D eigenvalue weighted by Crippen LogP contribution is -2.51. The zero-order valence-corrected chi connectivity index (χ0v) is 13.7. The van der Waals surface area contributed by atoms with Crippen LogP contribution in [-0.2, 0) is 6.54 Å². The Hall–Kier alpha value is -0.930. The molecule has 0 bridgehead atoms. The summed E-state index contributed by atoms with van der Waals surface area (Å²) in [4.78, 5) is 2.39. The highest BCUT2D eigenvalue weighted by Gasteiger charge is 2.37. The van der Waals surface area contributed by atoms with Crippen molar-refractivity contribution in [2.45, 2.75) is 58.0 Å². The van der Waals surface area contributed by atoms with Gasteiger partial charge in [0.2, 0.25) is 0 Å². The molecule has 21 heavy (non-hydrogen) atoms. The summed E-state index contributed by atoms with van der Waals surface area (Å²) >= 11 is 0. The molecule has 1 saturated carbocycles. The maximum absolute atomic E-state index is 13.0. The third-order valence-corrected chi connectivity index (χ3v) is 5.29. The summed E-state index contributed by atoms with van der Waals surface area (Å²) < 4.78 is 13.0. The fourth-order valence-corrected chi connectivity index (χ4v) is 3.49. The quantitative estimate of drug-likeness (QED) is 0.852. The maximum Gasteiger partial charge on any atom is 0.123 e. The van der Waals surface area contributed by atoms with Gasteiger partial charge in [0.1, 0.15) is 5.82 Å². The van der Waals surface area contributed by atoms with Crippen molar-refractivity contribution in [2.75, 3.05) is 13.6 Å². The molecule has 0 radical (unpaired) electrons. The average molecular weight is 292 g/mol. The molecule has 1 aromatic rings. The number of halogens is 1. The van der Waals surface area contributed by atoms with Crippen LogP contribution < -0.4 is 5.73 Å². The van der Waals surface area contributed by atoms with Gasteiger partial charge in [0.15, 0.2) is 0 Å². The molecule has 1 aromatic carbocycles. The van der Waals surface area contributed by atoms with Crippen LogP contribution in [0.1, 0.15) is 51.5 Å². The highest BCUT2D eigenvalue weighted by atomic mass is 19.1. The fraction of sp³-hybridized carbons (Fsp3) is 0.667. The summed E-state index contributed by atoms with van der Waals surface area (Å²) in [6.45, 7) is 6.25. The SMILES string of the molecule is CN(Cc1ccc(F)cc1)C1(CN)CCCC(C)(C)CC1. The summed E-state index contributed by atoms with van der Waals surface area (Å²) in [6.07, 6.45) is 6.04. The molecule has 1 fully saturated rings. The second kappa shape index (κ2) is 6.45. The molecule has 0 aliphatic heterocycles. The van der Waals surface area contributed by atoms with Crippen LogP contribution in [0.2, 0.25) is 0 Å². The van der Waals surface area contributed by atoms with Crippen molar-refractivity contribution in [1.82, 2.24) is 4.90 Å². The summed E-state index contributed by atoms with van der Waals surface area (Å²) in [5, 5.41) is 0. The lowest BCUT2D eigenvalue weighted by Gasteiger charge is -2.41. The van der Waals surface area contributed by atoms with E-state index in [0.29, 0.717) is 12.0 Å². The maximum atomic E-state index is 13.0. The van der Waals surface area contributed by atoms with E-state index in [2.05, 4.69) is 25.8 Å². The minimum Gasteiger partial charge on any atom is -0.329 e. The Morgan fingerprint density at radius 3 is 2.38 bits per heavy atom.